The first kappa shape index (κ1) is 13.4. The fourth-order valence-corrected chi connectivity index (χ4v) is 4.59. The van der Waals surface area contributed by atoms with Crippen LogP contribution < -0.4 is 10.6 Å². The van der Waals surface area contributed by atoms with Crippen LogP contribution in [0.4, 0.5) is 0 Å². The van der Waals surface area contributed by atoms with Crippen molar-refractivity contribution in [1.82, 2.24) is 10.6 Å². The molecule has 0 aromatic heterocycles. The van der Waals surface area contributed by atoms with Crippen LogP contribution in [0.25, 0.3) is 0 Å². The molecule has 5 unspecified atom stereocenters. The summed E-state index contributed by atoms with van der Waals surface area (Å²) in [7, 11) is 0. The lowest BCUT2D eigenvalue weighted by molar-refractivity contribution is -0.124. The van der Waals surface area contributed by atoms with Crippen LogP contribution in [0, 0.1) is 17.8 Å². The summed E-state index contributed by atoms with van der Waals surface area (Å²) in [6, 6.07) is 0.427. The Kier molecular flexibility index (Phi) is 4.11. The number of rotatable bonds is 3. The van der Waals surface area contributed by atoms with Crippen molar-refractivity contribution < 1.29 is 4.79 Å². The van der Waals surface area contributed by atoms with E-state index >= 15 is 0 Å². The third-order valence-electron chi connectivity index (χ3n) is 5.68. The van der Waals surface area contributed by atoms with Crippen LogP contribution in [0.3, 0.4) is 0 Å². The van der Waals surface area contributed by atoms with Crippen LogP contribution in [0.1, 0.15) is 58.3 Å². The minimum Gasteiger partial charge on any atom is -0.352 e. The van der Waals surface area contributed by atoms with Crippen molar-refractivity contribution in [2.75, 3.05) is 6.54 Å². The van der Waals surface area contributed by atoms with Crippen molar-refractivity contribution >= 4 is 5.91 Å². The minimum absolute atomic E-state index is 0.0588. The fourth-order valence-electron chi connectivity index (χ4n) is 4.59. The van der Waals surface area contributed by atoms with E-state index < -0.39 is 0 Å². The van der Waals surface area contributed by atoms with Gasteiger partial charge in [0, 0.05) is 6.04 Å². The van der Waals surface area contributed by atoms with Gasteiger partial charge >= 0.3 is 0 Å². The topological polar surface area (TPSA) is 41.1 Å². The van der Waals surface area contributed by atoms with E-state index in [0.29, 0.717) is 6.04 Å². The maximum atomic E-state index is 12.4. The van der Waals surface area contributed by atoms with Gasteiger partial charge in [0.25, 0.3) is 0 Å². The number of carbonyl (C=O) groups is 1. The molecule has 2 N–H and O–H groups in total. The molecule has 0 spiro atoms. The average Bonchev–Trinajstić information content (AvgIpc) is 2.92. The molecule has 2 aliphatic carbocycles. The average molecular weight is 264 g/mol. The molecule has 3 heteroatoms. The highest BCUT2D eigenvalue weighted by molar-refractivity contribution is 5.82. The quantitative estimate of drug-likeness (QED) is 0.822. The van der Waals surface area contributed by atoms with E-state index in [1.54, 1.807) is 0 Å². The molecule has 0 aromatic carbocycles. The molecule has 3 fully saturated rings. The van der Waals surface area contributed by atoms with Crippen LogP contribution in [0.5, 0.6) is 0 Å². The van der Waals surface area contributed by atoms with E-state index in [0.717, 1.165) is 30.7 Å². The predicted octanol–water partition coefficient (Wildman–Crippen LogP) is 2.46. The van der Waals surface area contributed by atoms with E-state index in [9.17, 15) is 4.79 Å². The van der Waals surface area contributed by atoms with Crippen molar-refractivity contribution in [1.29, 1.82) is 0 Å². The van der Waals surface area contributed by atoms with Crippen molar-refractivity contribution in [2.45, 2.75) is 70.4 Å². The Balaban J connectivity index is 1.51. The first-order valence-corrected chi connectivity index (χ1v) is 8.28. The molecule has 108 valence electrons. The Morgan fingerprint density at radius 3 is 2.79 bits per heavy atom. The van der Waals surface area contributed by atoms with Gasteiger partial charge in [-0.1, -0.05) is 19.3 Å². The summed E-state index contributed by atoms with van der Waals surface area (Å²) in [5.74, 6) is 2.85. The standard InChI is InChI=1S/C16H28N2O/c1-11(14-10-12-6-7-13(14)9-12)18-16(19)15-5-3-2-4-8-17-15/h11-15,17H,2-10H2,1H3,(H,18,19). The molecule has 1 aliphatic heterocycles. The van der Waals surface area contributed by atoms with Crippen molar-refractivity contribution in [3.05, 3.63) is 0 Å². The lowest BCUT2D eigenvalue weighted by atomic mass is 9.84. The van der Waals surface area contributed by atoms with Gasteiger partial charge in [-0.25, -0.2) is 0 Å². The molecule has 1 heterocycles. The van der Waals surface area contributed by atoms with Gasteiger partial charge in [-0.15, -0.1) is 0 Å². The van der Waals surface area contributed by atoms with E-state index in [2.05, 4.69) is 17.6 Å². The van der Waals surface area contributed by atoms with E-state index in [1.165, 1.54) is 44.9 Å². The highest BCUT2D eigenvalue weighted by Gasteiger charge is 2.42. The summed E-state index contributed by atoms with van der Waals surface area (Å²) in [4.78, 5) is 12.4. The Labute approximate surface area is 116 Å². The molecular weight excluding hydrogens is 236 g/mol. The van der Waals surface area contributed by atoms with Gasteiger partial charge in [-0.2, -0.15) is 0 Å². The monoisotopic (exact) mass is 264 g/mol. The van der Waals surface area contributed by atoms with Gasteiger partial charge < -0.3 is 10.6 Å². The first-order chi connectivity index (χ1) is 9.24. The molecule has 2 bridgehead atoms. The highest BCUT2D eigenvalue weighted by Crippen LogP contribution is 2.49. The van der Waals surface area contributed by atoms with Gasteiger partial charge in [-0.3, -0.25) is 4.79 Å². The summed E-state index contributed by atoms with van der Waals surface area (Å²) in [6.45, 7) is 3.22. The molecule has 19 heavy (non-hydrogen) atoms. The Hall–Kier alpha value is -0.570. The van der Waals surface area contributed by atoms with E-state index in [4.69, 9.17) is 0 Å². The summed E-state index contributed by atoms with van der Waals surface area (Å²) in [5.41, 5.74) is 0. The largest absolute Gasteiger partial charge is 0.352 e. The molecule has 2 saturated carbocycles. The Morgan fingerprint density at radius 1 is 1.16 bits per heavy atom. The molecule has 3 rings (SSSR count). The summed E-state index contributed by atoms with van der Waals surface area (Å²) in [6.07, 6.45) is 10.3. The summed E-state index contributed by atoms with van der Waals surface area (Å²) in [5, 5.41) is 6.70. The zero-order chi connectivity index (χ0) is 13.2. The van der Waals surface area contributed by atoms with Crippen molar-refractivity contribution in [3.63, 3.8) is 0 Å². The third kappa shape index (κ3) is 2.96. The van der Waals surface area contributed by atoms with Gasteiger partial charge in [0.2, 0.25) is 5.91 Å². The fraction of sp³-hybridized carbons (Fsp3) is 0.938. The summed E-state index contributed by atoms with van der Waals surface area (Å²) < 4.78 is 0. The predicted molar refractivity (Wildman–Crippen MR) is 76.8 cm³/mol. The molecule has 0 radical (unpaired) electrons. The van der Waals surface area contributed by atoms with Gasteiger partial charge in [0.15, 0.2) is 0 Å². The third-order valence-corrected chi connectivity index (χ3v) is 5.68. The second kappa shape index (κ2) is 5.82. The second-order valence-electron chi connectivity index (χ2n) is 6.99. The smallest absolute Gasteiger partial charge is 0.237 e. The van der Waals surface area contributed by atoms with Crippen LogP contribution in [0.15, 0.2) is 0 Å². The summed E-state index contributed by atoms with van der Waals surface area (Å²) >= 11 is 0. The van der Waals surface area contributed by atoms with E-state index in [-0.39, 0.29) is 11.9 Å². The zero-order valence-electron chi connectivity index (χ0n) is 12.2. The molecule has 5 atom stereocenters. The maximum absolute atomic E-state index is 12.4. The van der Waals surface area contributed by atoms with E-state index in [1.807, 2.05) is 0 Å². The number of fused-ring (bicyclic) bond motifs is 2. The van der Waals surface area contributed by atoms with Crippen LogP contribution >= 0.6 is 0 Å². The van der Waals surface area contributed by atoms with Gasteiger partial charge in [-0.05, 0) is 63.3 Å². The Bertz CT molecular complexity index is 323. The minimum atomic E-state index is 0.0588. The molecule has 3 nitrogen and oxygen atoms in total. The number of hydrogen-bond donors (Lipinski definition) is 2. The van der Waals surface area contributed by atoms with Gasteiger partial charge in [0.05, 0.1) is 6.04 Å². The molecule has 0 aromatic rings. The van der Waals surface area contributed by atoms with Crippen LogP contribution in [0.2, 0.25) is 0 Å². The highest BCUT2D eigenvalue weighted by atomic mass is 16.2. The molecule has 1 saturated heterocycles. The van der Waals surface area contributed by atoms with Crippen LogP contribution in [-0.4, -0.2) is 24.5 Å². The zero-order valence-corrected chi connectivity index (χ0v) is 12.2. The lowest BCUT2D eigenvalue weighted by Gasteiger charge is -2.29. The lowest BCUT2D eigenvalue weighted by Crippen LogP contribution is -2.49. The molecular formula is C16H28N2O. The SMILES string of the molecule is CC(NC(=O)C1CCCCCN1)C1CC2CCC1C2. The normalized spacial score (nSPS) is 39.8. The number of hydrogen-bond acceptors (Lipinski definition) is 2. The van der Waals surface area contributed by atoms with Gasteiger partial charge in [0.1, 0.15) is 0 Å². The number of carbonyl (C=O) groups excluding carboxylic acids is 1. The maximum Gasteiger partial charge on any atom is 0.237 e. The first-order valence-electron chi connectivity index (χ1n) is 8.28. The molecule has 3 aliphatic rings. The van der Waals surface area contributed by atoms with Crippen molar-refractivity contribution in [2.24, 2.45) is 17.8 Å². The van der Waals surface area contributed by atoms with Crippen LogP contribution in [-0.2, 0) is 4.79 Å². The Morgan fingerprint density at radius 2 is 2.05 bits per heavy atom. The molecule has 1 amide bonds. The number of nitrogens with one attached hydrogen (secondary N) is 2. The van der Waals surface area contributed by atoms with Crippen molar-refractivity contribution in [3.8, 4) is 0 Å². The number of amides is 1. The second-order valence-corrected chi connectivity index (χ2v) is 6.99.